The van der Waals surface area contributed by atoms with Gasteiger partial charge in [0.25, 0.3) is 6.71 Å². The topological polar surface area (TPSA) is 3.24 Å². The molecule has 1 nitrogen and oxygen atoms in total. The largest absolute Gasteiger partial charge is 0.311 e. The predicted octanol–water partition coefficient (Wildman–Crippen LogP) is 17.1. The summed E-state index contributed by atoms with van der Waals surface area (Å²) in [4.78, 5) is 2.58. The van der Waals surface area contributed by atoms with Crippen molar-refractivity contribution in [2.24, 2.45) is 10.8 Å². The van der Waals surface area contributed by atoms with Crippen molar-refractivity contribution in [1.29, 1.82) is 0 Å². The van der Waals surface area contributed by atoms with Crippen LogP contribution in [0, 0.1) is 17.8 Å². The van der Waals surface area contributed by atoms with Gasteiger partial charge in [-0.2, -0.15) is 0 Å². The summed E-state index contributed by atoms with van der Waals surface area (Å²) in [7, 11) is 0. The van der Waals surface area contributed by atoms with Crippen LogP contribution >= 0.6 is 11.3 Å². The molecule has 0 saturated heterocycles. The van der Waals surface area contributed by atoms with Crippen molar-refractivity contribution in [2.75, 3.05) is 4.90 Å². The molecule has 346 valence electrons. The maximum atomic E-state index is 5.15. The van der Waals surface area contributed by atoms with Gasteiger partial charge >= 0.3 is 0 Å². The van der Waals surface area contributed by atoms with E-state index < -0.39 is 0 Å². The van der Waals surface area contributed by atoms with E-state index in [2.05, 4.69) is 232 Å². The molecule has 0 amide bonds. The molecule has 3 heterocycles. The highest BCUT2D eigenvalue weighted by molar-refractivity contribution is 7.31. The van der Waals surface area contributed by atoms with Crippen LogP contribution in [0.3, 0.4) is 0 Å². The van der Waals surface area contributed by atoms with Gasteiger partial charge in [0.2, 0.25) is 0 Å². The molecule has 3 aliphatic rings. The van der Waals surface area contributed by atoms with E-state index >= 15 is 0 Å². The molecule has 9 rings (SSSR count). The van der Waals surface area contributed by atoms with E-state index in [0.717, 1.165) is 18.5 Å². The SMILES string of the molecule is C=C1/C=C2\C(=C/B3c4sc5ccc(C(C)(C)C)cc5c4C(c4ccc(C(C)(C)C)cc4)c4cc(C)cc(c43)N1c1ccc(C(C)(C)C)cc1-c1ccc(C(C)(C)C)cc1)C(C)(C)CCC2(C)C. The Balaban J connectivity index is 1.43. The molecule has 0 radical (unpaired) electrons. The molecule has 1 atom stereocenters. The second kappa shape index (κ2) is 15.8. The van der Waals surface area contributed by atoms with Gasteiger partial charge in [0.15, 0.2) is 0 Å². The lowest BCUT2D eigenvalue weighted by molar-refractivity contribution is 0.260. The molecule has 1 saturated carbocycles. The molecule has 0 spiro atoms. The Morgan fingerprint density at radius 1 is 0.597 bits per heavy atom. The Labute approximate surface area is 409 Å². The maximum Gasteiger partial charge on any atom is 0.250 e. The molecule has 0 bridgehead atoms. The first kappa shape index (κ1) is 47.2. The number of allylic oxidation sites excluding steroid dienone is 3. The van der Waals surface area contributed by atoms with Crippen LogP contribution in [0.2, 0.25) is 0 Å². The Hall–Kier alpha value is -4.86. The third-order valence-electron chi connectivity index (χ3n) is 15.7. The fourth-order valence-electron chi connectivity index (χ4n) is 11.3. The highest BCUT2D eigenvalue weighted by Gasteiger charge is 2.46. The first-order valence-corrected chi connectivity index (χ1v) is 25.9. The number of nitrogens with zero attached hydrogens (tertiary/aromatic N) is 1. The minimum atomic E-state index is -0.0381. The molecule has 5 aromatic carbocycles. The normalized spacial score (nSPS) is 19.9. The highest BCUT2D eigenvalue weighted by atomic mass is 32.1. The lowest BCUT2D eigenvalue weighted by Crippen LogP contribution is -2.50. The van der Waals surface area contributed by atoms with Crippen molar-refractivity contribution >= 4 is 49.7 Å². The van der Waals surface area contributed by atoms with Crippen LogP contribution in [-0.2, 0) is 21.7 Å². The Morgan fingerprint density at radius 3 is 1.70 bits per heavy atom. The minimum absolute atomic E-state index is 0.0218. The number of benzene rings is 5. The standard InChI is InChI=1S/C64H76BNS/c1-39-33-49-55(42-21-25-44(26-22-42)60(6,7)8)56-48-37-46(62(12,13)14)28-30-54(48)67-58(56)65-38-51-50(63(15,16)31-32-64(51,17)18)35-40(2)66(53(34-39)57(49)65)52-29-27-45(61(9,10)11)36-47(52)41-19-23-43(24-20-41)59(3,4)5/h19-30,33-38,55H,2,31-32H2,1,3-18H3/b50-35+,51-38+. The maximum absolute atomic E-state index is 5.15. The van der Waals surface area contributed by atoms with Crippen molar-refractivity contribution in [2.45, 2.75) is 158 Å². The fraction of sp³-hybridized carbons (Fsp3) is 0.406. The molecule has 1 aliphatic carbocycles. The third-order valence-corrected chi connectivity index (χ3v) is 17.0. The van der Waals surface area contributed by atoms with Crippen LogP contribution < -0.4 is 15.1 Å². The van der Waals surface area contributed by atoms with Crippen LogP contribution in [0.4, 0.5) is 11.4 Å². The van der Waals surface area contributed by atoms with Crippen molar-refractivity contribution < 1.29 is 0 Å². The number of rotatable bonds is 3. The van der Waals surface area contributed by atoms with E-state index in [1.165, 1.54) is 98.5 Å². The van der Waals surface area contributed by atoms with Crippen molar-refractivity contribution in [3.8, 4) is 11.1 Å². The van der Waals surface area contributed by atoms with Gasteiger partial charge in [0, 0.05) is 27.6 Å². The lowest BCUT2D eigenvalue weighted by atomic mass is 9.36. The zero-order chi connectivity index (χ0) is 48.6. The zero-order valence-corrected chi connectivity index (χ0v) is 44.8. The quantitative estimate of drug-likeness (QED) is 0.160. The molecule has 1 aromatic heterocycles. The van der Waals surface area contributed by atoms with Gasteiger partial charge in [-0.1, -0.05) is 190 Å². The average Bonchev–Trinajstić information content (AvgIpc) is 3.62. The van der Waals surface area contributed by atoms with E-state index in [-0.39, 0.29) is 45.1 Å². The summed E-state index contributed by atoms with van der Waals surface area (Å²) in [6, 6.07) is 38.7. The van der Waals surface area contributed by atoms with E-state index in [9.17, 15) is 0 Å². The van der Waals surface area contributed by atoms with Gasteiger partial charge in [-0.3, -0.25) is 0 Å². The fourth-order valence-corrected chi connectivity index (χ4v) is 12.6. The molecule has 1 fully saturated rings. The molecule has 3 heteroatoms. The minimum Gasteiger partial charge on any atom is -0.311 e. The van der Waals surface area contributed by atoms with Crippen LogP contribution in [0.15, 0.2) is 133 Å². The Morgan fingerprint density at radius 2 is 1.12 bits per heavy atom. The first-order valence-electron chi connectivity index (χ1n) is 25.1. The second-order valence-corrected chi connectivity index (χ2v) is 27.0. The zero-order valence-electron chi connectivity index (χ0n) is 44.0. The summed E-state index contributed by atoms with van der Waals surface area (Å²) in [5.41, 5.74) is 21.1. The highest BCUT2D eigenvalue weighted by Crippen LogP contribution is 2.55. The van der Waals surface area contributed by atoms with Crippen LogP contribution in [0.25, 0.3) is 21.2 Å². The van der Waals surface area contributed by atoms with Gasteiger partial charge < -0.3 is 4.90 Å². The van der Waals surface area contributed by atoms with Gasteiger partial charge in [-0.15, -0.1) is 17.3 Å². The molecular formula is C64H76BNS. The van der Waals surface area contributed by atoms with Gasteiger partial charge in [-0.25, -0.2) is 0 Å². The van der Waals surface area contributed by atoms with Crippen LogP contribution in [0.1, 0.15) is 174 Å². The predicted molar refractivity (Wildman–Crippen MR) is 296 cm³/mol. The summed E-state index contributed by atoms with van der Waals surface area (Å²) < 4.78 is 2.85. The molecule has 6 aromatic rings. The third kappa shape index (κ3) is 8.34. The number of hydrogen-bond acceptors (Lipinski definition) is 2. The van der Waals surface area contributed by atoms with Gasteiger partial charge in [-0.05, 0) is 160 Å². The second-order valence-electron chi connectivity index (χ2n) is 26.0. The average molecular weight is 902 g/mol. The van der Waals surface area contributed by atoms with E-state index in [1.807, 2.05) is 11.3 Å². The smallest absolute Gasteiger partial charge is 0.250 e. The van der Waals surface area contributed by atoms with Crippen molar-refractivity contribution in [1.82, 2.24) is 0 Å². The van der Waals surface area contributed by atoms with Crippen LogP contribution in [0.5, 0.6) is 0 Å². The van der Waals surface area contributed by atoms with E-state index in [4.69, 9.17) is 6.58 Å². The van der Waals surface area contributed by atoms with Gasteiger partial charge in [0.05, 0.1) is 5.69 Å². The van der Waals surface area contributed by atoms with E-state index in [1.54, 1.807) is 0 Å². The summed E-state index contributed by atoms with van der Waals surface area (Å²) in [6.07, 6.45) is 4.76. The number of anilines is 2. The Kier molecular flexibility index (Phi) is 11.2. The van der Waals surface area contributed by atoms with Crippen molar-refractivity contribution in [3.05, 3.63) is 177 Å². The Bertz CT molecular complexity index is 3010. The molecular weight excluding hydrogens is 826 g/mol. The summed E-state index contributed by atoms with van der Waals surface area (Å²) in [5.74, 6) is 2.79. The van der Waals surface area contributed by atoms with Crippen LogP contribution in [-0.4, -0.2) is 6.71 Å². The monoisotopic (exact) mass is 902 g/mol. The van der Waals surface area contributed by atoms with Gasteiger partial charge in [0.1, 0.15) is 0 Å². The number of aryl methyl sites for hydroxylation is 1. The number of thiophene rings is 1. The lowest BCUT2D eigenvalue weighted by Gasteiger charge is -2.45. The molecule has 2 aliphatic heterocycles. The number of hydrogen-bond donors (Lipinski definition) is 0. The first-order chi connectivity index (χ1) is 31.0. The number of fused-ring (bicyclic) bond motifs is 5. The molecule has 0 N–H and O–H groups in total. The van der Waals surface area contributed by atoms with Crippen molar-refractivity contribution in [3.63, 3.8) is 0 Å². The summed E-state index contributed by atoms with van der Waals surface area (Å²) >= 11 is 2.03. The molecule has 67 heavy (non-hydrogen) atoms. The summed E-state index contributed by atoms with van der Waals surface area (Å²) in [5, 5.41) is 1.41. The summed E-state index contributed by atoms with van der Waals surface area (Å²) in [6.45, 7) is 45.4. The van der Waals surface area contributed by atoms with E-state index in [0.29, 0.717) is 0 Å². The molecule has 1 unspecified atom stereocenters.